The molecule has 0 spiro atoms. The number of amides is 3. The summed E-state index contributed by atoms with van der Waals surface area (Å²) in [6.45, 7) is 7.68. The van der Waals surface area contributed by atoms with Gasteiger partial charge in [-0.2, -0.15) is 0 Å². The molecule has 2 heterocycles. The second-order valence-corrected chi connectivity index (χ2v) is 8.11. The van der Waals surface area contributed by atoms with Gasteiger partial charge in [0.25, 0.3) is 0 Å². The molecule has 0 aliphatic carbocycles. The van der Waals surface area contributed by atoms with E-state index in [1.54, 1.807) is 25.1 Å². The van der Waals surface area contributed by atoms with Gasteiger partial charge in [-0.1, -0.05) is 30.9 Å². The fraction of sp³-hybridized carbons (Fsp3) is 0.500. The van der Waals surface area contributed by atoms with E-state index in [-0.39, 0.29) is 17.9 Å². The van der Waals surface area contributed by atoms with Crippen molar-refractivity contribution in [3.63, 3.8) is 0 Å². The Morgan fingerprint density at radius 1 is 1.48 bits per heavy atom. The summed E-state index contributed by atoms with van der Waals surface area (Å²) in [5, 5.41) is 6.47. The van der Waals surface area contributed by atoms with Crippen LogP contribution in [0.5, 0.6) is 0 Å². The van der Waals surface area contributed by atoms with Gasteiger partial charge in [0.15, 0.2) is 0 Å². The van der Waals surface area contributed by atoms with Crippen molar-refractivity contribution < 1.29 is 9.59 Å². The van der Waals surface area contributed by atoms with Gasteiger partial charge in [-0.15, -0.1) is 0 Å². The van der Waals surface area contributed by atoms with E-state index < -0.39 is 5.54 Å². The molecule has 1 unspecified atom stereocenters. The number of benzene rings is 1. The van der Waals surface area contributed by atoms with Gasteiger partial charge >= 0.3 is 6.03 Å². The predicted octanol–water partition coefficient (Wildman–Crippen LogP) is 2.45. The van der Waals surface area contributed by atoms with Gasteiger partial charge in [-0.25, -0.2) is 4.79 Å². The van der Waals surface area contributed by atoms with Crippen molar-refractivity contribution in [3.8, 4) is 0 Å². The zero-order valence-corrected chi connectivity index (χ0v) is 17.6. The van der Waals surface area contributed by atoms with Gasteiger partial charge in [0, 0.05) is 33.7 Å². The maximum atomic E-state index is 12.8. The molecule has 29 heavy (non-hydrogen) atoms. The highest BCUT2D eigenvalue weighted by molar-refractivity contribution is 6.00. The van der Waals surface area contributed by atoms with Crippen LogP contribution in [0.25, 0.3) is 6.08 Å². The van der Waals surface area contributed by atoms with Crippen LogP contribution in [0.3, 0.4) is 0 Å². The number of nitrogens with zero attached hydrogens (tertiary/aromatic N) is 3. The van der Waals surface area contributed by atoms with Crippen LogP contribution in [0.15, 0.2) is 35.8 Å². The highest BCUT2D eigenvalue weighted by Crippen LogP contribution is 2.32. The van der Waals surface area contributed by atoms with Gasteiger partial charge in [0.1, 0.15) is 0 Å². The van der Waals surface area contributed by atoms with Crippen molar-refractivity contribution in [2.45, 2.75) is 38.3 Å². The van der Waals surface area contributed by atoms with E-state index in [2.05, 4.69) is 29.1 Å². The minimum absolute atomic E-state index is 0.0514. The summed E-state index contributed by atoms with van der Waals surface area (Å²) in [5.74, 6) is 0.823. The first kappa shape index (κ1) is 20.9. The Kier molecular flexibility index (Phi) is 6.25. The van der Waals surface area contributed by atoms with Crippen molar-refractivity contribution in [2.75, 3.05) is 27.2 Å². The van der Waals surface area contributed by atoms with Crippen LogP contribution in [0.1, 0.15) is 37.3 Å². The van der Waals surface area contributed by atoms with E-state index >= 15 is 0 Å². The van der Waals surface area contributed by atoms with E-state index in [1.807, 2.05) is 29.2 Å². The second-order valence-electron chi connectivity index (χ2n) is 8.11. The Bertz CT molecular complexity index is 821. The quantitative estimate of drug-likeness (QED) is 0.819. The maximum absolute atomic E-state index is 12.8. The lowest BCUT2D eigenvalue weighted by molar-refractivity contribution is -0.130. The number of likely N-dealkylation sites (tertiary alicyclic amines) is 1. The maximum Gasteiger partial charge on any atom is 0.317 e. The molecule has 7 heteroatoms. The summed E-state index contributed by atoms with van der Waals surface area (Å²) in [7, 11) is 3.42. The first-order valence-electron chi connectivity index (χ1n) is 10.1. The Morgan fingerprint density at radius 3 is 3.00 bits per heavy atom. The third kappa shape index (κ3) is 4.60. The average molecular weight is 398 g/mol. The van der Waals surface area contributed by atoms with Crippen molar-refractivity contribution in [1.29, 1.82) is 0 Å². The van der Waals surface area contributed by atoms with Crippen LogP contribution in [-0.4, -0.2) is 60.4 Å². The lowest BCUT2D eigenvalue weighted by Crippen LogP contribution is -2.65. The summed E-state index contributed by atoms with van der Waals surface area (Å²) < 4.78 is 0. The third-order valence-corrected chi connectivity index (χ3v) is 6.06. The van der Waals surface area contributed by atoms with E-state index in [4.69, 9.17) is 0 Å². The molecule has 2 fully saturated rings. The number of nitrogens with one attached hydrogen (secondary N) is 2. The molecule has 2 aliphatic rings. The Balaban J connectivity index is 1.63. The number of hydrogen-bond acceptors (Lipinski definition) is 3. The van der Waals surface area contributed by atoms with Crippen LogP contribution in [0.2, 0.25) is 0 Å². The summed E-state index contributed by atoms with van der Waals surface area (Å²) >= 11 is 0. The molecular formula is C22H31N5O2. The van der Waals surface area contributed by atoms with Gasteiger partial charge in [0.2, 0.25) is 11.9 Å². The second kappa shape index (κ2) is 8.68. The number of hydrogen-bond donors (Lipinski definition) is 2. The fourth-order valence-corrected chi connectivity index (χ4v) is 4.19. The number of aliphatic imine (C=N–C) groups is 1. The lowest BCUT2D eigenvalue weighted by Gasteiger charge is -2.47. The van der Waals surface area contributed by atoms with Crippen molar-refractivity contribution in [1.82, 2.24) is 20.4 Å². The van der Waals surface area contributed by atoms with Crippen LogP contribution in [0, 0.1) is 5.92 Å². The summed E-state index contributed by atoms with van der Waals surface area (Å²) in [6.07, 6.45) is 4.09. The summed E-state index contributed by atoms with van der Waals surface area (Å²) in [6, 6.07) is 7.90. The van der Waals surface area contributed by atoms with Crippen molar-refractivity contribution >= 4 is 24.0 Å². The molecule has 0 saturated carbocycles. The highest BCUT2D eigenvalue weighted by Gasteiger charge is 2.44. The molecule has 7 nitrogen and oxygen atoms in total. The van der Waals surface area contributed by atoms with Gasteiger partial charge in [-0.3, -0.25) is 14.7 Å². The fourth-order valence-electron chi connectivity index (χ4n) is 4.19. The molecule has 0 aromatic heterocycles. The van der Waals surface area contributed by atoms with Crippen LogP contribution in [-0.2, 0) is 11.3 Å². The van der Waals surface area contributed by atoms with Crippen LogP contribution >= 0.6 is 0 Å². The Morgan fingerprint density at radius 2 is 2.28 bits per heavy atom. The molecule has 1 aromatic rings. The number of piperidine rings is 1. The van der Waals surface area contributed by atoms with Crippen LogP contribution < -0.4 is 10.6 Å². The number of carbonyl (C=O) groups is 2. The Labute approximate surface area is 172 Å². The van der Waals surface area contributed by atoms with E-state index in [9.17, 15) is 9.59 Å². The monoisotopic (exact) mass is 397 g/mol. The molecule has 2 saturated heterocycles. The third-order valence-electron chi connectivity index (χ3n) is 6.06. The SMILES string of the molecule is C=Cc1cccc(CNC(=O)N2CCCC([C@]3(C)CC(=O)N(C)C(=NC)N3)C2)c1. The molecule has 2 aliphatic heterocycles. The van der Waals surface area contributed by atoms with Gasteiger partial charge in [-0.05, 0) is 42.9 Å². The number of rotatable bonds is 4. The summed E-state index contributed by atoms with van der Waals surface area (Å²) in [4.78, 5) is 32.9. The molecule has 0 radical (unpaired) electrons. The first-order chi connectivity index (χ1) is 13.9. The van der Waals surface area contributed by atoms with Gasteiger partial charge in [0.05, 0.1) is 12.0 Å². The molecule has 3 amide bonds. The minimum Gasteiger partial charge on any atom is -0.350 e. The largest absolute Gasteiger partial charge is 0.350 e. The molecule has 156 valence electrons. The number of carbonyl (C=O) groups excluding carboxylic acids is 2. The van der Waals surface area contributed by atoms with E-state index in [0.29, 0.717) is 25.5 Å². The molecular weight excluding hydrogens is 366 g/mol. The van der Waals surface area contributed by atoms with E-state index in [1.165, 1.54) is 0 Å². The minimum atomic E-state index is -0.407. The number of urea groups is 1. The lowest BCUT2D eigenvalue weighted by atomic mass is 9.76. The molecule has 0 bridgehead atoms. The van der Waals surface area contributed by atoms with Crippen LogP contribution in [0.4, 0.5) is 4.79 Å². The molecule has 2 atom stereocenters. The number of guanidine groups is 1. The predicted molar refractivity (Wildman–Crippen MR) is 115 cm³/mol. The smallest absolute Gasteiger partial charge is 0.317 e. The summed E-state index contributed by atoms with van der Waals surface area (Å²) in [5.41, 5.74) is 1.67. The molecule has 3 rings (SSSR count). The highest BCUT2D eigenvalue weighted by atomic mass is 16.2. The topological polar surface area (TPSA) is 77.0 Å². The Hall–Kier alpha value is -2.83. The molecule has 2 N–H and O–H groups in total. The normalized spacial score (nSPS) is 26.2. The van der Waals surface area contributed by atoms with Crippen molar-refractivity contribution in [2.24, 2.45) is 10.9 Å². The first-order valence-corrected chi connectivity index (χ1v) is 10.1. The molecule has 1 aromatic carbocycles. The standard InChI is InChI=1S/C22H31N5O2/c1-5-16-8-6-9-17(12-16)14-24-21(29)27-11-7-10-18(15-27)22(2)13-19(28)26(4)20(23-3)25-22/h5-6,8-9,12,18H,1,7,10-11,13-15H2,2-4H3,(H,23,25)(H,24,29)/t18?,22-/m0/s1. The zero-order valence-electron chi connectivity index (χ0n) is 17.6. The van der Waals surface area contributed by atoms with Crippen molar-refractivity contribution in [3.05, 3.63) is 42.0 Å². The zero-order chi connectivity index (χ0) is 21.0. The van der Waals surface area contributed by atoms with E-state index in [0.717, 1.165) is 30.5 Å². The average Bonchev–Trinajstić information content (AvgIpc) is 2.74. The van der Waals surface area contributed by atoms with Gasteiger partial charge < -0.3 is 15.5 Å².